The Hall–Kier alpha value is 0.100. The fraction of sp³-hybridized carbons (Fsp3) is 0.909. The summed E-state index contributed by atoms with van der Waals surface area (Å²) in [5, 5.41) is 0. The van der Waals surface area contributed by atoms with Crippen molar-refractivity contribution in [3.05, 3.63) is 0 Å². The van der Waals surface area contributed by atoms with Crippen LogP contribution >= 0.6 is 9.24 Å². The van der Waals surface area contributed by atoms with Gasteiger partial charge in [0.2, 0.25) is 0 Å². The molecule has 0 aromatic rings. The Balaban J connectivity index is 3.42. The average molecular weight is 203 g/mol. The number of hydrogen-bond donors (Lipinski definition) is 0. The van der Waals surface area contributed by atoms with Crippen molar-refractivity contribution in [2.24, 2.45) is 5.92 Å². The van der Waals surface area contributed by atoms with E-state index in [2.05, 4.69) is 9.24 Å². The zero-order chi connectivity index (χ0) is 10.8. The standard InChI is InChI=1S/C11H23OP/c1-3-7-11(12)10(2)8-5-4-6-9-13/h10H,3-9,13H2,1-2H3/i1D. The fourth-order valence-corrected chi connectivity index (χ4v) is 1.64. The lowest BCUT2D eigenvalue weighted by Gasteiger charge is -2.08. The van der Waals surface area contributed by atoms with Crippen molar-refractivity contribution < 1.29 is 6.17 Å². The Morgan fingerprint density at radius 3 is 2.85 bits per heavy atom. The predicted octanol–water partition coefficient (Wildman–Crippen LogP) is 3.43. The first-order valence-electron chi connectivity index (χ1n) is 5.95. The minimum Gasteiger partial charge on any atom is -0.299 e. The number of unbranched alkanes of at least 4 members (excludes halogenated alkanes) is 2. The van der Waals surface area contributed by atoms with Crippen LogP contribution in [0.4, 0.5) is 0 Å². The maximum atomic E-state index is 11.5. The van der Waals surface area contributed by atoms with Crippen LogP contribution in [-0.2, 0) is 4.79 Å². The zero-order valence-electron chi connectivity index (χ0n) is 9.72. The number of ketones is 1. The molecule has 0 amide bonds. The molecule has 0 aliphatic carbocycles. The Morgan fingerprint density at radius 1 is 1.46 bits per heavy atom. The van der Waals surface area contributed by atoms with Crippen LogP contribution in [0.25, 0.3) is 0 Å². The van der Waals surface area contributed by atoms with Crippen molar-refractivity contribution in [3.8, 4) is 0 Å². The molecule has 0 aromatic carbocycles. The van der Waals surface area contributed by atoms with Crippen LogP contribution in [0.15, 0.2) is 0 Å². The number of hydrogen-bond acceptors (Lipinski definition) is 1. The number of rotatable bonds is 8. The van der Waals surface area contributed by atoms with E-state index < -0.39 is 0 Å². The third kappa shape index (κ3) is 7.19. The number of carbonyl (C=O) groups excluding carboxylic acids is 1. The van der Waals surface area contributed by atoms with Gasteiger partial charge in [-0.15, -0.1) is 9.24 Å². The SMILES string of the molecule is [2H]CCCC(=O)C(C)CCCCCP. The Bertz CT molecular complexity index is 150. The molecule has 2 atom stereocenters. The molecule has 2 heteroatoms. The Morgan fingerprint density at radius 2 is 2.23 bits per heavy atom. The van der Waals surface area contributed by atoms with Gasteiger partial charge in [0.25, 0.3) is 0 Å². The maximum absolute atomic E-state index is 11.5. The Kier molecular flexibility index (Phi) is 7.47. The summed E-state index contributed by atoms with van der Waals surface area (Å²) in [6, 6.07) is 0. The molecule has 0 heterocycles. The molecule has 0 rings (SSSR count). The van der Waals surface area contributed by atoms with Crippen LogP contribution in [0, 0.1) is 5.92 Å². The van der Waals surface area contributed by atoms with Crippen molar-refractivity contribution >= 4 is 15.0 Å². The van der Waals surface area contributed by atoms with Gasteiger partial charge in [0, 0.05) is 13.7 Å². The molecule has 13 heavy (non-hydrogen) atoms. The summed E-state index contributed by atoms with van der Waals surface area (Å²) in [5.41, 5.74) is 0. The molecule has 2 unspecified atom stereocenters. The summed E-state index contributed by atoms with van der Waals surface area (Å²) in [4.78, 5) is 11.5. The minimum atomic E-state index is 0.214. The summed E-state index contributed by atoms with van der Waals surface area (Å²) in [6.07, 6.45) is 7.19. The number of carbonyl (C=O) groups is 1. The third-order valence-electron chi connectivity index (χ3n) is 2.31. The third-order valence-corrected chi connectivity index (χ3v) is 2.72. The van der Waals surface area contributed by atoms with Gasteiger partial charge in [-0.05, 0) is 25.4 Å². The second kappa shape index (κ2) is 8.69. The van der Waals surface area contributed by atoms with Gasteiger partial charge in [0.1, 0.15) is 5.78 Å². The normalized spacial score (nSPS) is 13.8. The lowest BCUT2D eigenvalue weighted by Crippen LogP contribution is -2.10. The fourth-order valence-electron chi connectivity index (χ4n) is 1.35. The summed E-state index contributed by atoms with van der Waals surface area (Å²) in [7, 11) is 2.73. The maximum Gasteiger partial charge on any atom is 0.135 e. The van der Waals surface area contributed by atoms with Crippen LogP contribution in [0.1, 0.15) is 53.7 Å². The highest BCUT2D eigenvalue weighted by Crippen LogP contribution is 2.13. The first-order valence-corrected chi connectivity index (χ1v) is 6.06. The van der Waals surface area contributed by atoms with Gasteiger partial charge in [-0.3, -0.25) is 4.79 Å². The second-order valence-corrected chi connectivity index (χ2v) is 4.19. The molecule has 0 aliphatic heterocycles. The molecule has 0 aliphatic rings. The van der Waals surface area contributed by atoms with Gasteiger partial charge < -0.3 is 0 Å². The first kappa shape index (κ1) is 11.2. The molecule has 0 radical (unpaired) electrons. The van der Waals surface area contributed by atoms with Crippen molar-refractivity contribution in [3.63, 3.8) is 0 Å². The van der Waals surface area contributed by atoms with E-state index in [9.17, 15) is 4.79 Å². The molecule has 0 N–H and O–H groups in total. The lowest BCUT2D eigenvalue weighted by molar-refractivity contribution is -0.122. The van der Waals surface area contributed by atoms with E-state index >= 15 is 0 Å². The van der Waals surface area contributed by atoms with E-state index in [1.165, 1.54) is 25.4 Å². The summed E-state index contributed by atoms with van der Waals surface area (Å²) in [6.45, 7) is 2.40. The molecule has 0 fully saturated rings. The monoisotopic (exact) mass is 203 g/mol. The molecule has 0 spiro atoms. The number of Topliss-reactive ketones (excluding diaryl/α,β-unsaturated/α-hetero) is 1. The average Bonchev–Trinajstić information content (AvgIpc) is 2.20. The summed E-state index contributed by atoms with van der Waals surface area (Å²) >= 11 is 0. The van der Waals surface area contributed by atoms with E-state index in [1.807, 2.05) is 6.92 Å². The van der Waals surface area contributed by atoms with E-state index in [0.29, 0.717) is 19.1 Å². The molecule has 0 bridgehead atoms. The molecule has 0 aromatic heterocycles. The molecular formula is C11H23OP. The second-order valence-electron chi connectivity index (χ2n) is 3.61. The molecule has 0 saturated heterocycles. The van der Waals surface area contributed by atoms with E-state index in [1.54, 1.807) is 0 Å². The van der Waals surface area contributed by atoms with E-state index in [0.717, 1.165) is 12.8 Å². The smallest absolute Gasteiger partial charge is 0.135 e. The summed E-state index contributed by atoms with van der Waals surface area (Å²) < 4.78 is 6.98. The van der Waals surface area contributed by atoms with Crippen molar-refractivity contribution in [1.82, 2.24) is 0 Å². The van der Waals surface area contributed by atoms with E-state index in [4.69, 9.17) is 1.37 Å². The van der Waals surface area contributed by atoms with Gasteiger partial charge in [0.15, 0.2) is 0 Å². The zero-order valence-corrected chi connectivity index (χ0v) is 9.87. The lowest BCUT2D eigenvalue weighted by atomic mass is 9.96. The molecule has 0 saturated carbocycles. The predicted molar refractivity (Wildman–Crippen MR) is 62.1 cm³/mol. The van der Waals surface area contributed by atoms with Gasteiger partial charge in [0.05, 0.1) is 0 Å². The van der Waals surface area contributed by atoms with Crippen molar-refractivity contribution in [2.75, 3.05) is 6.16 Å². The highest BCUT2D eigenvalue weighted by Gasteiger charge is 2.10. The van der Waals surface area contributed by atoms with Crippen LogP contribution in [0.3, 0.4) is 0 Å². The molecule has 1 nitrogen and oxygen atoms in total. The minimum absolute atomic E-state index is 0.214. The van der Waals surface area contributed by atoms with Crippen molar-refractivity contribution in [2.45, 2.75) is 52.3 Å². The molecule has 78 valence electrons. The van der Waals surface area contributed by atoms with Crippen LogP contribution in [0.2, 0.25) is 0 Å². The quantitative estimate of drug-likeness (QED) is 0.436. The van der Waals surface area contributed by atoms with Crippen LogP contribution in [-0.4, -0.2) is 11.9 Å². The van der Waals surface area contributed by atoms with Crippen LogP contribution in [0.5, 0.6) is 0 Å². The molecular weight excluding hydrogens is 179 g/mol. The highest BCUT2D eigenvalue weighted by atomic mass is 31.0. The van der Waals surface area contributed by atoms with Gasteiger partial charge in [-0.25, -0.2) is 0 Å². The Labute approximate surface area is 86.3 Å². The van der Waals surface area contributed by atoms with Gasteiger partial charge in [-0.1, -0.05) is 26.7 Å². The summed E-state index contributed by atoms with van der Waals surface area (Å²) in [5.74, 6) is 0.564. The highest BCUT2D eigenvalue weighted by molar-refractivity contribution is 7.16. The topological polar surface area (TPSA) is 17.1 Å². The van der Waals surface area contributed by atoms with Crippen LogP contribution < -0.4 is 0 Å². The first-order chi connectivity index (χ1) is 6.72. The largest absolute Gasteiger partial charge is 0.299 e. The van der Waals surface area contributed by atoms with E-state index in [-0.39, 0.29) is 5.92 Å². The van der Waals surface area contributed by atoms with Gasteiger partial charge >= 0.3 is 0 Å². The van der Waals surface area contributed by atoms with Crippen molar-refractivity contribution in [1.29, 1.82) is 0 Å². The van der Waals surface area contributed by atoms with Gasteiger partial charge in [-0.2, -0.15) is 0 Å².